The van der Waals surface area contributed by atoms with E-state index in [1.54, 1.807) is 31.4 Å². The Morgan fingerprint density at radius 1 is 0.824 bits per heavy atom. The maximum atomic E-state index is 10.2. The quantitative estimate of drug-likeness (QED) is 0.193. The topological polar surface area (TPSA) is 98.7 Å². The average Bonchev–Trinajstić information content (AvgIpc) is 2.81. The predicted molar refractivity (Wildman–Crippen MR) is 135 cm³/mol. The lowest BCUT2D eigenvalue weighted by molar-refractivity contribution is 0.262. The van der Waals surface area contributed by atoms with Crippen molar-refractivity contribution in [2.45, 2.75) is 39.0 Å². The van der Waals surface area contributed by atoms with Crippen molar-refractivity contribution >= 4 is 17.1 Å². The number of hydrogen-bond acceptors (Lipinski definition) is 7. The molecule has 0 spiro atoms. The number of para-hydroxylation sites is 1. The summed E-state index contributed by atoms with van der Waals surface area (Å²) in [4.78, 5) is 0. The van der Waals surface area contributed by atoms with Crippen LogP contribution in [0.15, 0.2) is 70.9 Å². The Bertz CT molecular complexity index is 1120. The summed E-state index contributed by atoms with van der Waals surface area (Å²) < 4.78 is 17.2. The maximum Gasteiger partial charge on any atom is 0.146 e. The van der Waals surface area contributed by atoms with E-state index < -0.39 is 0 Å². The molecule has 0 fully saturated rings. The van der Waals surface area contributed by atoms with Gasteiger partial charge in [0, 0.05) is 11.6 Å². The van der Waals surface area contributed by atoms with Crippen molar-refractivity contribution in [3.63, 3.8) is 0 Å². The number of ether oxygens (including phenoxy) is 3. The third-order valence-corrected chi connectivity index (χ3v) is 5.21. The molecule has 0 aromatic heterocycles. The van der Waals surface area contributed by atoms with Gasteiger partial charge in [-0.25, -0.2) is 0 Å². The number of benzene rings is 3. The molecule has 0 atom stereocenters. The van der Waals surface area contributed by atoms with Crippen LogP contribution in [-0.4, -0.2) is 25.4 Å². The van der Waals surface area contributed by atoms with Crippen LogP contribution in [0.3, 0.4) is 0 Å². The Labute approximate surface area is 201 Å². The normalized spacial score (nSPS) is 11.5. The lowest BCUT2D eigenvalue weighted by Crippen LogP contribution is -2.14. The van der Waals surface area contributed by atoms with Crippen LogP contribution in [0.1, 0.15) is 39.2 Å². The predicted octanol–water partition coefficient (Wildman–Crippen LogP) is 6.93. The number of phenols is 1. The minimum atomic E-state index is -0.0472. The SMILES string of the molecule is COc1ccc(OCCCCOc2ccc(N=Nc3ccccc3N)c(O)c2)c(C(C)(C)C)c1. The van der Waals surface area contributed by atoms with E-state index in [1.165, 1.54) is 6.07 Å². The first kappa shape index (κ1) is 24.9. The van der Waals surface area contributed by atoms with E-state index in [9.17, 15) is 5.11 Å². The van der Waals surface area contributed by atoms with Gasteiger partial charge in [0.1, 0.15) is 34.4 Å². The Balaban J connectivity index is 1.46. The summed E-state index contributed by atoms with van der Waals surface area (Å²) in [6.07, 6.45) is 1.66. The first-order valence-electron chi connectivity index (χ1n) is 11.3. The van der Waals surface area contributed by atoms with Gasteiger partial charge in [-0.2, -0.15) is 0 Å². The fraction of sp³-hybridized carbons (Fsp3) is 0.333. The van der Waals surface area contributed by atoms with Crippen LogP contribution < -0.4 is 19.9 Å². The molecule has 7 nitrogen and oxygen atoms in total. The van der Waals surface area contributed by atoms with Gasteiger partial charge in [0.05, 0.1) is 26.0 Å². The third kappa shape index (κ3) is 6.88. The zero-order chi connectivity index (χ0) is 24.6. The minimum absolute atomic E-state index is 0.00620. The Morgan fingerprint density at radius 2 is 1.50 bits per heavy atom. The largest absolute Gasteiger partial charge is 0.505 e. The van der Waals surface area contributed by atoms with Gasteiger partial charge in [0.25, 0.3) is 0 Å². The van der Waals surface area contributed by atoms with Crippen LogP contribution in [-0.2, 0) is 5.41 Å². The fourth-order valence-electron chi connectivity index (χ4n) is 3.29. The van der Waals surface area contributed by atoms with Crippen LogP contribution in [0, 0.1) is 0 Å². The number of methoxy groups -OCH3 is 1. The van der Waals surface area contributed by atoms with Crippen molar-refractivity contribution in [2.24, 2.45) is 10.2 Å². The first-order valence-corrected chi connectivity index (χ1v) is 11.3. The molecule has 3 aromatic rings. The molecule has 3 rings (SSSR count). The lowest BCUT2D eigenvalue weighted by Gasteiger charge is -2.23. The van der Waals surface area contributed by atoms with Gasteiger partial charge in [0.2, 0.25) is 0 Å². The summed E-state index contributed by atoms with van der Waals surface area (Å²) in [7, 11) is 1.67. The Kier molecular flexibility index (Phi) is 8.35. The second-order valence-electron chi connectivity index (χ2n) is 8.93. The molecule has 0 saturated heterocycles. The molecular formula is C27H33N3O4. The van der Waals surface area contributed by atoms with Crippen molar-refractivity contribution in [3.8, 4) is 23.0 Å². The molecule has 3 aromatic carbocycles. The molecule has 34 heavy (non-hydrogen) atoms. The fourth-order valence-corrected chi connectivity index (χ4v) is 3.29. The number of nitrogen functional groups attached to an aromatic ring is 1. The van der Waals surface area contributed by atoms with Gasteiger partial charge >= 0.3 is 0 Å². The van der Waals surface area contributed by atoms with E-state index >= 15 is 0 Å². The van der Waals surface area contributed by atoms with Gasteiger partial charge < -0.3 is 25.1 Å². The highest BCUT2D eigenvalue weighted by Gasteiger charge is 2.20. The molecule has 0 aliphatic heterocycles. The van der Waals surface area contributed by atoms with Gasteiger partial charge in [-0.15, -0.1) is 10.2 Å². The number of aromatic hydroxyl groups is 1. The summed E-state index contributed by atoms with van der Waals surface area (Å²) in [5, 5.41) is 18.4. The van der Waals surface area contributed by atoms with E-state index in [0.717, 1.165) is 29.9 Å². The molecule has 0 bridgehead atoms. The zero-order valence-corrected chi connectivity index (χ0v) is 20.2. The second kappa shape index (κ2) is 11.4. The van der Waals surface area contributed by atoms with Crippen LogP contribution in [0.2, 0.25) is 0 Å². The number of azo groups is 1. The number of rotatable bonds is 10. The molecule has 0 aliphatic carbocycles. The van der Waals surface area contributed by atoms with Gasteiger partial charge in [-0.05, 0) is 60.7 Å². The highest BCUT2D eigenvalue weighted by molar-refractivity contribution is 5.62. The van der Waals surface area contributed by atoms with Crippen LogP contribution >= 0.6 is 0 Å². The Hall–Kier alpha value is -3.74. The number of phenolic OH excluding ortho intramolecular Hbond substituents is 1. The monoisotopic (exact) mass is 463 g/mol. The third-order valence-electron chi connectivity index (χ3n) is 5.21. The molecule has 180 valence electrons. The van der Waals surface area contributed by atoms with E-state index in [1.807, 2.05) is 30.3 Å². The molecular weight excluding hydrogens is 430 g/mol. The summed E-state index contributed by atoms with van der Waals surface area (Å²) >= 11 is 0. The van der Waals surface area contributed by atoms with E-state index in [4.69, 9.17) is 19.9 Å². The standard InChI is InChI=1S/C27H33N3O4/c1-27(2,3)21-17-19(32-4)12-14-26(21)34-16-8-7-15-33-20-11-13-24(25(31)18-20)30-29-23-10-6-5-9-22(23)28/h5-6,9-14,17-18,31H,7-8,15-16,28H2,1-4H3. The Morgan fingerprint density at radius 3 is 2.18 bits per heavy atom. The summed E-state index contributed by atoms with van der Waals surface area (Å²) in [5.41, 5.74) is 8.35. The molecule has 0 aliphatic rings. The summed E-state index contributed by atoms with van der Waals surface area (Å²) in [6.45, 7) is 7.57. The lowest BCUT2D eigenvalue weighted by atomic mass is 9.86. The van der Waals surface area contributed by atoms with Crippen molar-refractivity contribution in [3.05, 3.63) is 66.2 Å². The number of hydrogen-bond donors (Lipinski definition) is 2. The smallest absolute Gasteiger partial charge is 0.146 e. The van der Waals surface area contributed by atoms with Crippen LogP contribution in [0.5, 0.6) is 23.0 Å². The first-order chi connectivity index (χ1) is 16.3. The van der Waals surface area contributed by atoms with Gasteiger partial charge in [-0.1, -0.05) is 32.9 Å². The van der Waals surface area contributed by atoms with E-state index in [-0.39, 0.29) is 11.2 Å². The zero-order valence-electron chi connectivity index (χ0n) is 20.2. The molecule has 7 heteroatoms. The van der Waals surface area contributed by atoms with Crippen LogP contribution in [0.4, 0.5) is 17.1 Å². The molecule has 0 radical (unpaired) electrons. The van der Waals surface area contributed by atoms with E-state index in [0.29, 0.717) is 36.0 Å². The van der Waals surface area contributed by atoms with Crippen molar-refractivity contribution < 1.29 is 19.3 Å². The van der Waals surface area contributed by atoms with Crippen molar-refractivity contribution in [1.82, 2.24) is 0 Å². The molecule has 0 unspecified atom stereocenters. The van der Waals surface area contributed by atoms with Gasteiger partial charge in [0.15, 0.2) is 0 Å². The van der Waals surface area contributed by atoms with Crippen LogP contribution in [0.25, 0.3) is 0 Å². The maximum absolute atomic E-state index is 10.2. The summed E-state index contributed by atoms with van der Waals surface area (Å²) in [5.74, 6) is 2.27. The number of unbranched alkanes of at least 4 members (excludes halogenated alkanes) is 1. The molecule has 3 N–H and O–H groups in total. The number of nitrogens with zero attached hydrogens (tertiary/aromatic N) is 2. The molecule has 0 saturated carbocycles. The second-order valence-corrected chi connectivity index (χ2v) is 8.93. The van der Waals surface area contributed by atoms with Crippen molar-refractivity contribution in [1.29, 1.82) is 0 Å². The van der Waals surface area contributed by atoms with Crippen molar-refractivity contribution in [2.75, 3.05) is 26.1 Å². The highest BCUT2D eigenvalue weighted by atomic mass is 16.5. The minimum Gasteiger partial charge on any atom is -0.505 e. The molecule has 0 heterocycles. The summed E-state index contributed by atoms with van der Waals surface area (Å²) in [6, 6.07) is 18.0. The van der Waals surface area contributed by atoms with E-state index in [2.05, 4.69) is 31.0 Å². The van der Waals surface area contributed by atoms with Gasteiger partial charge in [-0.3, -0.25) is 0 Å². The highest BCUT2D eigenvalue weighted by Crippen LogP contribution is 2.35. The molecule has 0 amide bonds. The number of nitrogens with two attached hydrogens (primary N) is 1. The number of anilines is 1. The average molecular weight is 464 g/mol.